The van der Waals surface area contributed by atoms with Crippen LogP contribution in [0.15, 0.2) is 30.3 Å². The highest BCUT2D eigenvalue weighted by molar-refractivity contribution is 5.62. The molecule has 1 aromatic carbocycles. The molecule has 3 nitrogen and oxygen atoms in total. The van der Waals surface area contributed by atoms with Gasteiger partial charge in [-0.1, -0.05) is 30.3 Å². The van der Waals surface area contributed by atoms with Gasteiger partial charge in [0, 0.05) is 18.9 Å². The summed E-state index contributed by atoms with van der Waals surface area (Å²) in [5.74, 6) is -0.179. The van der Waals surface area contributed by atoms with E-state index in [0.717, 1.165) is 6.92 Å². The van der Waals surface area contributed by atoms with Gasteiger partial charge in [-0.2, -0.15) is 0 Å². The van der Waals surface area contributed by atoms with Gasteiger partial charge in [0.2, 0.25) is 0 Å². The van der Waals surface area contributed by atoms with Crippen molar-refractivity contribution in [2.45, 2.75) is 25.3 Å². The summed E-state index contributed by atoms with van der Waals surface area (Å²) in [5.41, 5.74) is 7.10. The number of hydrogen-bond donors (Lipinski definition) is 2. The number of nitrogens with two attached hydrogens (primary N) is 1. The highest BCUT2D eigenvalue weighted by Crippen LogP contribution is 2.38. The summed E-state index contributed by atoms with van der Waals surface area (Å²) >= 11 is 0. The number of carbonyl (C=O) groups is 1. The van der Waals surface area contributed by atoms with Gasteiger partial charge in [-0.05, 0) is 12.0 Å². The van der Waals surface area contributed by atoms with E-state index >= 15 is 0 Å². The molecule has 1 aromatic rings. The van der Waals surface area contributed by atoms with E-state index < -0.39 is 5.97 Å². The molecule has 0 heterocycles. The molecule has 0 aliphatic heterocycles. The van der Waals surface area contributed by atoms with Crippen molar-refractivity contribution in [2.75, 3.05) is 0 Å². The molecule has 0 amide bonds. The number of benzene rings is 1. The van der Waals surface area contributed by atoms with E-state index in [2.05, 4.69) is 24.3 Å². The minimum atomic E-state index is -0.833. The Bertz CT molecular complexity index is 293. The highest BCUT2D eigenvalue weighted by Gasteiger charge is 2.34. The fourth-order valence-corrected chi connectivity index (χ4v) is 1.30. The van der Waals surface area contributed by atoms with Crippen LogP contribution >= 0.6 is 0 Å². The Morgan fingerprint density at radius 2 is 1.86 bits per heavy atom. The Balaban J connectivity index is 0.000000213. The molecule has 76 valence electrons. The van der Waals surface area contributed by atoms with Crippen LogP contribution in [0.4, 0.5) is 0 Å². The summed E-state index contributed by atoms with van der Waals surface area (Å²) in [7, 11) is 0. The molecule has 2 atom stereocenters. The van der Waals surface area contributed by atoms with Gasteiger partial charge >= 0.3 is 0 Å². The minimum absolute atomic E-state index is 0.433. The Labute approximate surface area is 83.6 Å². The van der Waals surface area contributed by atoms with Crippen molar-refractivity contribution in [3.8, 4) is 0 Å². The van der Waals surface area contributed by atoms with Crippen molar-refractivity contribution in [2.24, 2.45) is 5.73 Å². The summed E-state index contributed by atoms with van der Waals surface area (Å²) < 4.78 is 0. The molecule has 0 bridgehead atoms. The van der Waals surface area contributed by atoms with Crippen molar-refractivity contribution in [3.05, 3.63) is 35.9 Å². The summed E-state index contributed by atoms with van der Waals surface area (Å²) in [6, 6.07) is 10.9. The van der Waals surface area contributed by atoms with Crippen LogP contribution in [0.3, 0.4) is 0 Å². The van der Waals surface area contributed by atoms with Gasteiger partial charge in [-0.25, -0.2) is 0 Å². The predicted octanol–water partition coefficient (Wildman–Crippen LogP) is 1.59. The standard InChI is InChI=1S/C9H11N.C2H4O2/c10-9-6-8(9)7-4-2-1-3-5-7;1-2(3)4/h1-5,8-9H,6,10H2;1H3,(H,3,4). The molecule has 0 aromatic heterocycles. The van der Waals surface area contributed by atoms with Gasteiger partial charge in [-0.15, -0.1) is 0 Å². The van der Waals surface area contributed by atoms with E-state index in [-0.39, 0.29) is 0 Å². The van der Waals surface area contributed by atoms with E-state index in [9.17, 15) is 0 Å². The normalized spacial score (nSPS) is 23.3. The van der Waals surface area contributed by atoms with E-state index in [1.807, 2.05) is 6.07 Å². The maximum absolute atomic E-state index is 9.00. The zero-order chi connectivity index (χ0) is 10.6. The molecule has 1 aliphatic rings. The second kappa shape index (κ2) is 4.77. The van der Waals surface area contributed by atoms with Gasteiger partial charge in [0.15, 0.2) is 0 Å². The van der Waals surface area contributed by atoms with Gasteiger partial charge in [0.1, 0.15) is 0 Å². The molecule has 1 saturated carbocycles. The molecule has 1 aliphatic carbocycles. The first-order valence-corrected chi connectivity index (χ1v) is 4.61. The maximum Gasteiger partial charge on any atom is 0.300 e. The van der Waals surface area contributed by atoms with Crippen LogP contribution in [0.25, 0.3) is 0 Å². The third kappa shape index (κ3) is 3.58. The van der Waals surface area contributed by atoms with E-state index in [4.69, 9.17) is 15.6 Å². The molecule has 2 unspecified atom stereocenters. The largest absolute Gasteiger partial charge is 0.481 e. The lowest BCUT2D eigenvalue weighted by atomic mass is 10.1. The average molecular weight is 193 g/mol. The van der Waals surface area contributed by atoms with Crippen LogP contribution in [-0.2, 0) is 4.79 Å². The lowest BCUT2D eigenvalue weighted by Crippen LogP contribution is -2.00. The predicted molar refractivity (Wildman–Crippen MR) is 55.1 cm³/mol. The van der Waals surface area contributed by atoms with Crippen LogP contribution in [0.2, 0.25) is 0 Å². The van der Waals surface area contributed by atoms with Crippen molar-refractivity contribution < 1.29 is 9.90 Å². The first-order chi connectivity index (χ1) is 6.61. The molecule has 3 N–H and O–H groups in total. The lowest BCUT2D eigenvalue weighted by Gasteiger charge is -1.94. The number of carboxylic acid groups (broad SMARTS) is 1. The Kier molecular flexibility index (Phi) is 3.65. The molecule has 14 heavy (non-hydrogen) atoms. The number of hydrogen-bond acceptors (Lipinski definition) is 2. The van der Waals surface area contributed by atoms with Crippen molar-refractivity contribution in [1.29, 1.82) is 0 Å². The number of carboxylic acids is 1. The van der Waals surface area contributed by atoms with Crippen LogP contribution < -0.4 is 5.73 Å². The average Bonchev–Trinajstić information content (AvgIpc) is 2.83. The smallest absolute Gasteiger partial charge is 0.300 e. The second-order valence-electron chi connectivity index (χ2n) is 3.44. The van der Waals surface area contributed by atoms with Gasteiger partial charge < -0.3 is 10.8 Å². The van der Waals surface area contributed by atoms with Gasteiger partial charge in [0.05, 0.1) is 0 Å². The lowest BCUT2D eigenvalue weighted by molar-refractivity contribution is -0.134. The van der Waals surface area contributed by atoms with Crippen LogP contribution in [-0.4, -0.2) is 17.1 Å². The third-order valence-electron chi connectivity index (χ3n) is 2.07. The monoisotopic (exact) mass is 193 g/mol. The second-order valence-corrected chi connectivity index (χ2v) is 3.44. The summed E-state index contributed by atoms with van der Waals surface area (Å²) in [4.78, 5) is 9.00. The third-order valence-corrected chi connectivity index (χ3v) is 2.07. The minimum Gasteiger partial charge on any atom is -0.481 e. The quantitative estimate of drug-likeness (QED) is 0.712. The molecule has 0 saturated heterocycles. The first-order valence-electron chi connectivity index (χ1n) is 4.61. The molecule has 1 fully saturated rings. The van der Waals surface area contributed by atoms with Crippen molar-refractivity contribution >= 4 is 5.97 Å². The molecule has 0 radical (unpaired) electrons. The van der Waals surface area contributed by atoms with E-state index in [0.29, 0.717) is 12.0 Å². The Morgan fingerprint density at radius 3 is 2.21 bits per heavy atom. The number of rotatable bonds is 1. The zero-order valence-electron chi connectivity index (χ0n) is 8.18. The Morgan fingerprint density at radius 1 is 1.43 bits per heavy atom. The van der Waals surface area contributed by atoms with Crippen LogP contribution in [0.5, 0.6) is 0 Å². The molecular formula is C11H15NO2. The van der Waals surface area contributed by atoms with E-state index in [1.165, 1.54) is 12.0 Å². The summed E-state index contributed by atoms with van der Waals surface area (Å²) in [5, 5.41) is 7.42. The SMILES string of the molecule is CC(=O)O.NC1CC1c1ccccc1. The van der Waals surface area contributed by atoms with Gasteiger partial charge in [0.25, 0.3) is 5.97 Å². The molecule has 3 heteroatoms. The topological polar surface area (TPSA) is 63.3 Å². The maximum atomic E-state index is 9.00. The molecular weight excluding hydrogens is 178 g/mol. The van der Waals surface area contributed by atoms with Crippen molar-refractivity contribution in [1.82, 2.24) is 0 Å². The van der Waals surface area contributed by atoms with Gasteiger partial charge in [-0.3, -0.25) is 4.79 Å². The molecule has 0 spiro atoms. The fourth-order valence-electron chi connectivity index (χ4n) is 1.30. The summed E-state index contributed by atoms with van der Waals surface area (Å²) in [6.45, 7) is 1.08. The highest BCUT2D eigenvalue weighted by atomic mass is 16.4. The zero-order valence-corrected chi connectivity index (χ0v) is 8.18. The van der Waals surface area contributed by atoms with Crippen molar-refractivity contribution in [3.63, 3.8) is 0 Å². The fraction of sp³-hybridized carbons (Fsp3) is 0.364. The Hall–Kier alpha value is -1.35. The number of aliphatic carboxylic acids is 1. The van der Waals surface area contributed by atoms with Crippen LogP contribution in [0.1, 0.15) is 24.8 Å². The first kappa shape index (κ1) is 10.7. The van der Waals surface area contributed by atoms with Crippen LogP contribution in [0, 0.1) is 0 Å². The van der Waals surface area contributed by atoms with E-state index in [1.54, 1.807) is 0 Å². The summed E-state index contributed by atoms with van der Waals surface area (Å²) in [6.07, 6.45) is 1.17. The molecule has 2 rings (SSSR count).